The minimum Gasteiger partial charge on any atom is -0.351 e. The number of ketones is 1. The highest BCUT2D eigenvalue weighted by molar-refractivity contribution is 7.92. The Bertz CT molecular complexity index is 1810. The molecule has 0 radical (unpaired) electrons. The quantitative estimate of drug-likeness (QED) is 0.395. The summed E-state index contributed by atoms with van der Waals surface area (Å²) in [6.07, 6.45) is 3.11. The first-order valence-electron chi connectivity index (χ1n) is 13.7. The number of rotatable bonds is 8. The van der Waals surface area contributed by atoms with Gasteiger partial charge < -0.3 is 10.6 Å². The van der Waals surface area contributed by atoms with Crippen LogP contribution < -0.4 is 15.4 Å². The minimum atomic E-state index is -4.38. The molecule has 13 heteroatoms. The Morgan fingerprint density at radius 3 is 2.59 bits per heavy atom. The van der Waals surface area contributed by atoms with Crippen LogP contribution >= 0.6 is 0 Å². The maximum atomic E-state index is 14.3. The molecule has 0 aromatic heterocycles. The Morgan fingerprint density at radius 2 is 1.90 bits per heavy atom. The van der Waals surface area contributed by atoms with Crippen LogP contribution in [0.3, 0.4) is 0 Å². The summed E-state index contributed by atoms with van der Waals surface area (Å²) in [6.45, 7) is 0.0247. The average molecular weight is 599 g/mol. The first-order chi connectivity index (χ1) is 19.4. The third-order valence-electron chi connectivity index (χ3n) is 10.5. The predicted octanol–water partition coefficient (Wildman–Crippen LogP) is 2.36. The summed E-state index contributed by atoms with van der Waals surface area (Å²) in [7, 11) is -8.04. The lowest BCUT2D eigenvalue weighted by molar-refractivity contribution is -0.135. The molecule has 1 amide bonds. The van der Waals surface area contributed by atoms with Crippen molar-refractivity contribution < 1.29 is 30.8 Å². The average Bonchev–Trinajstić information content (AvgIpc) is 3.63. The van der Waals surface area contributed by atoms with Crippen molar-refractivity contribution in [3.8, 4) is 0 Å². The molecule has 6 bridgehead atoms. The summed E-state index contributed by atoms with van der Waals surface area (Å²) in [6, 6.07) is 9.51. The topological polar surface area (TPSA) is 151 Å². The Hall–Kier alpha value is -3.32. The molecule has 9 atom stereocenters. The van der Waals surface area contributed by atoms with E-state index in [1.165, 1.54) is 36.4 Å². The summed E-state index contributed by atoms with van der Waals surface area (Å²) in [4.78, 5) is 27.8. The molecule has 1 heterocycles. The molecule has 2 aromatic carbocycles. The van der Waals surface area contributed by atoms with Crippen LogP contribution in [0.1, 0.15) is 18.4 Å². The second-order valence-electron chi connectivity index (χ2n) is 12.5. The minimum absolute atomic E-state index is 0.0247. The molecule has 0 saturated heterocycles. The zero-order valence-corrected chi connectivity index (χ0v) is 23.5. The number of amidine groups is 1. The highest BCUT2D eigenvalue weighted by Crippen LogP contribution is 2.96. The van der Waals surface area contributed by atoms with Crippen molar-refractivity contribution in [2.45, 2.75) is 24.3 Å². The van der Waals surface area contributed by atoms with Crippen LogP contribution in [0.15, 0.2) is 51.8 Å². The largest absolute Gasteiger partial charge is 0.351 e. The molecular formula is C28H27FN4O6S2. The Labute approximate surface area is 236 Å². The van der Waals surface area contributed by atoms with Crippen molar-refractivity contribution in [3.05, 3.63) is 53.8 Å². The van der Waals surface area contributed by atoms with Crippen LogP contribution in [0.5, 0.6) is 0 Å². The highest BCUT2D eigenvalue weighted by atomic mass is 32.2. The van der Waals surface area contributed by atoms with E-state index in [0.717, 1.165) is 31.1 Å². The molecule has 41 heavy (non-hydrogen) atoms. The third kappa shape index (κ3) is 3.54. The van der Waals surface area contributed by atoms with Gasteiger partial charge >= 0.3 is 0 Å². The van der Waals surface area contributed by atoms with Crippen molar-refractivity contribution in [1.29, 1.82) is 0 Å². The number of amides is 1. The fraction of sp³-hybridized carbons (Fsp3) is 0.464. The summed E-state index contributed by atoms with van der Waals surface area (Å²) in [5, 5.41) is 5.66. The van der Waals surface area contributed by atoms with Gasteiger partial charge in [0.2, 0.25) is 15.9 Å². The van der Waals surface area contributed by atoms with E-state index in [-0.39, 0.29) is 57.6 Å². The summed E-state index contributed by atoms with van der Waals surface area (Å²) < 4.78 is 69.5. The fourth-order valence-electron chi connectivity index (χ4n) is 9.32. The molecule has 9 rings (SSSR count). The monoisotopic (exact) mass is 598 g/mol. The van der Waals surface area contributed by atoms with Gasteiger partial charge in [0, 0.05) is 18.2 Å². The van der Waals surface area contributed by atoms with Gasteiger partial charge in [0.05, 0.1) is 11.9 Å². The standard InChI is InChI=1S/C28H27FN4O6S2/c1-40(36,37)32-14-6-7-18-19(8-14)41(38,39)33-26(31-18)23(27(35)30-11-12-2-4-13(29)5-3-12)25(34)22-17-10-28(17)16-9-15-20(21(16)22)24(15)28/h2-8,15-17,20-24,32H,9-11H2,1H3,(H,30,35)(H,31,33). The van der Waals surface area contributed by atoms with Crippen molar-refractivity contribution in [2.24, 2.45) is 57.2 Å². The van der Waals surface area contributed by atoms with Crippen molar-refractivity contribution in [1.82, 2.24) is 5.32 Å². The second-order valence-corrected chi connectivity index (χ2v) is 15.8. The molecule has 7 aliphatic rings. The van der Waals surface area contributed by atoms with Gasteiger partial charge in [-0.1, -0.05) is 12.1 Å². The van der Waals surface area contributed by atoms with Crippen molar-refractivity contribution in [2.75, 3.05) is 16.3 Å². The van der Waals surface area contributed by atoms with Gasteiger partial charge in [-0.15, -0.1) is 4.40 Å². The number of halogens is 1. The first kappa shape index (κ1) is 25.4. The Morgan fingerprint density at radius 1 is 1.15 bits per heavy atom. The zero-order chi connectivity index (χ0) is 28.6. The van der Waals surface area contributed by atoms with Crippen molar-refractivity contribution in [3.63, 3.8) is 0 Å². The molecule has 10 nitrogen and oxygen atoms in total. The van der Waals surface area contributed by atoms with Gasteiger partial charge in [-0.25, -0.2) is 12.8 Å². The molecule has 1 spiro atoms. The van der Waals surface area contributed by atoms with Gasteiger partial charge in [0.15, 0.2) is 11.7 Å². The number of carbonyl (C=O) groups excluding carboxylic acids is 2. The number of hydrogen-bond donors (Lipinski definition) is 3. The van der Waals surface area contributed by atoms with Crippen LogP contribution in [0.4, 0.5) is 15.8 Å². The van der Waals surface area contributed by atoms with E-state index in [1.54, 1.807) is 0 Å². The van der Waals surface area contributed by atoms with Gasteiger partial charge in [0.25, 0.3) is 10.0 Å². The van der Waals surface area contributed by atoms with Crippen LogP contribution in [0, 0.1) is 58.6 Å². The van der Waals surface area contributed by atoms with Gasteiger partial charge in [-0.05, 0) is 89.7 Å². The number of nitrogens with one attached hydrogen (secondary N) is 3. The molecule has 6 saturated carbocycles. The Kier molecular flexibility index (Phi) is 4.92. The van der Waals surface area contributed by atoms with Gasteiger partial charge in [0.1, 0.15) is 16.5 Å². The van der Waals surface area contributed by atoms with E-state index >= 15 is 0 Å². The molecule has 9 unspecified atom stereocenters. The SMILES string of the molecule is CS(=O)(=O)Nc1ccc2c(c1)S(=O)(=O)N=C(C(C(=O)NCc1ccc(F)cc1)C(=O)C1C3C4C5CC3C3(CC13)C54)N2. The first-order valence-corrected chi connectivity index (χ1v) is 17.0. The molecule has 2 aromatic rings. The van der Waals surface area contributed by atoms with Crippen LogP contribution in [-0.4, -0.2) is 40.6 Å². The number of nitrogens with zero attached hydrogens (tertiary/aromatic N) is 1. The number of sulfonamides is 2. The number of anilines is 2. The smallest absolute Gasteiger partial charge is 0.286 e. The fourth-order valence-corrected chi connectivity index (χ4v) is 11.1. The van der Waals surface area contributed by atoms with Crippen LogP contribution in [0.2, 0.25) is 0 Å². The van der Waals surface area contributed by atoms with E-state index in [0.29, 0.717) is 23.3 Å². The molecule has 1 aliphatic heterocycles. The maximum absolute atomic E-state index is 14.3. The van der Waals surface area contributed by atoms with Crippen LogP contribution in [-0.2, 0) is 36.2 Å². The van der Waals surface area contributed by atoms with E-state index in [9.17, 15) is 30.8 Å². The molecule has 6 fully saturated rings. The number of Topliss-reactive ketones (excluding diaryl/α,β-unsaturated/α-hetero) is 1. The van der Waals surface area contributed by atoms with E-state index in [2.05, 4.69) is 19.8 Å². The zero-order valence-electron chi connectivity index (χ0n) is 21.9. The summed E-state index contributed by atoms with van der Waals surface area (Å²) in [5.41, 5.74) is 1.01. The molecule has 6 aliphatic carbocycles. The number of carbonyl (C=O) groups is 2. The lowest BCUT2D eigenvalue weighted by Crippen LogP contribution is -2.47. The second kappa shape index (κ2) is 7.94. The summed E-state index contributed by atoms with van der Waals surface area (Å²) >= 11 is 0. The maximum Gasteiger partial charge on any atom is 0.286 e. The third-order valence-corrected chi connectivity index (χ3v) is 12.4. The lowest BCUT2D eigenvalue weighted by atomic mass is 9.78. The van der Waals surface area contributed by atoms with E-state index in [1.807, 2.05) is 0 Å². The van der Waals surface area contributed by atoms with Crippen LogP contribution in [0.25, 0.3) is 0 Å². The number of fused-ring (bicyclic) bond motifs is 1. The molecule has 3 N–H and O–H groups in total. The molecular weight excluding hydrogens is 571 g/mol. The van der Waals surface area contributed by atoms with Gasteiger partial charge in [-0.2, -0.15) is 8.42 Å². The number of hydrogen-bond acceptors (Lipinski definition) is 7. The predicted molar refractivity (Wildman–Crippen MR) is 146 cm³/mol. The highest BCUT2D eigenvalue weighted by Gasteiger charge is 2.93. The van der Waals surface area contributed by atoms with Gasteiger partial charge in [-0.3, -0.25) is 14.3 Å². The van der Waals surface area contributed by atoms with E-state index < -0.39 is 37.7 Å². The Balaban J connectivity index is 1.13. The lowest BCUT2D eigenvalue weighted by Gasteiger charge is -2.29. The van der Waals surface area contributed by atoms with E-state index in [4.69, 9.17) is 0 Å². The summed E-state index contributed by atoms with van der Waals surface area (Å²) in [5.74, 6) is -0.435. The normalized spacial score (nSPS) is 36.3. The molecule has 214 valence electrons. The number of benzene rings is 2. The van der Waals surface area contributed by atoms with Crippen molar-refractivity contribution >= 4 is 48.9 Å².